The molecule has 0 fully saturated rings. The molecule has 0 amide bonds. The molecule has 1 aliphatic carbocycles. The predicted molar refractivity (Wildman–Crippen MR) is 71.5 cm³/mol. The van der Waals surface area contributed by atoms with Crippen LogP contribution in [-0.2, 0) is 4.79 Å². The van der Waals surface area contributed by atoms with E-state index in [9.17, 15) is 9.90 Å². The maximum Gasteiger partial charge on any atom is 0.326 e. The molecule has 1 heterocycles. The second kappa shape index (κ2) is 4.18. The highest BCUT2D eigenvalue weighted by Gasteiger charge is 2.41. The van der Waals surface area contributed by atoms with Crippen LogP contribution in [0.15, 0.2) is 24.3 Å². The van der Waals surface area contributed by atoms with Crippen molar-refractivity contribution in [2.24, 2.45) is 5.92 Å². The second-order valence-corrected chi connectivity index (χ2v) is 5.51. The maximum absolute atomic E-state index is 11.3. The fourth-order valence-corrected chi connectivity index (χ4v) is 3.43. The Morgan fingerprint density at radius 1 is 1.39 bits per heavy atom. The van der Waals surface area contributed by atoms with Gasteiger partial charge in [-0.05, 0) is 24.1 Å². The van der Waals surface area contributed by atoms with Crippen molar-refractivity contribution in [1.82, 2.24) is 0 Å². The van der Waals surface area contributed by atoms with Crippen LogP contribution >= 0.6 is 23.2 Å². The van der Waals surface area contributed by atoms with Crippen molar-refractivity contribution in [2.45, 2.75) is 18.4 Å². The zero-order valence-electron chi connectivity index (χ0n) is 9.36. The Kier molecular flexibility index (Phi) is 2.76. The molecule has 1 aromatic carbocycles. The quantitative estimate of drug-likeness (QED) is 0.775. The van der Waals surface area contributed by atoms with Crippen molar-refractivity contribution in [1.29, 1.82) is 0 Å². The van der Waals surface area contributed by atoms with Gasteiger partial charge < -0.3 is 10.4 Å². The summed E-state index contributed by atoms with van der Waals surface area (Å²) < 4.78 is 0. The molecule has 0 aromatic heterocycles. The number of benzene rings is 1. The molecular weight excluding hydrogens is 273 g/mol. The lowest BCUT2D eigenvalue weighted by atomic mass is 9.79. The first-order valence-corrected chi connectivity index (χ1v) is 6.48. The normalized spacial score (nSPS) is 28.4. The molecule has 0 unspecified atom stereocenters. The highest BCUT2D eigenvalue weighted by atomic mass is 35.5. The van der Waals surface area contributed by atoms with Gasteiger partial charge in [-0.15, -0.1) is 0 Å². The van der Waals surface area contributed by atoms with Gasteiger partial charge in [0.15, 0.2) is 0 Å². The molecule has 0 saturated heterocycles. The Bertz CT molecular complexity index is 556. The average Bonchev–Trinajstić information content (AvgIpc) is 2.76. The van der Waals surface area contributed by atoms with Gasteiger partial charge in [0.05, 0.1) is 10.7 Å². The summed E-state index contributed by atoms with van der Waals surface area (Å²) in [7, 11) is 0. The van der Waals surface area contributed by atoms with E-state index in [-0.39, 0.29) is 11.8 Å². The smallest absolute Gasteiger partial charge is 0.326 e. The number of hydrogen-bond donors (Lipinski definition) is 2. The highest BCUT2D eigenvalue weighted by molar-refractivity contribution is 6.36. The molecule has 3 rings (SSSR count). The van der Waals surface area contributed by atoms with E-state index in [1.54, 1.807) is 6.07 Å². The molecule has 0 saturated carbocycles. The fraction of sp³-hybridized carbons (Fsp3) is 0.308. The zero-order chi connectivity index (χ0) is 12.9. The number of fused-ring (bicyclic) bond motifs is 3. The van der Waals surface area contributed by atoms with Crippen molar-refractivity contribution in [3.8, 4) is 0 Å². The minimum atomic E-state index is -0.842. The third-order valence-corrected chi connectivity index (χ3v) is 4.17. The van der Waals surface area contributed by atoms with E-state index in [0.717, 1.165) is 12.0 Å². The fourth-order valence-electron chi connectivity index (χ4n) is 2.87. The summed E-state index contributed by atoms with van der Waals surface area (Å²) in [4.78, 5) is 11.3. The van der Waals surface area contributed by atoms with Crippen LogP contribution in [0, 0.1) is 5.92 Å². The molecule has 18 heavy (non-hydrogen) atoms. The number of allylic oxidation sites excluding steroid dienone is 2. The third-order valence-electron chi connectivity index (χ3n) is 3.65. The Labute approximate surface area is 114 Å². The molecule has 3 nitrogen and oxygen atoms in total. The van der Waals surface area contributed by atoms with Crippen molar-refractivity contribution in [3.05, 3.63) is 39.9 Å². The lowest BCUT2D eigenvalue weighted by Gasteiger charge is -2.35. The molecular formula is C13H11Cl2NO2. The predicted octanol–water partition coefficient (Wildman–Crippen LogP) is 3.53. The Morgan fingerprint density at radius 3 is 2.89 bits per heavy atom. The number of aliphatic carboxylic acids is 1. The first kappa shape index (κ1) is 11.9. The summed E-state index contributed by atoms with van der Waals surface area (Å²) in [6, 6.07) is 2.89. The summed E-state index contributed by atoms with van der Waals surface area (Å²) >= 11 is 12.2. The second-order valence-electron chi connectivity index (χ2n) is 4.67. The largest absolute Gasteiger partial charge is 0.480 e. The molecule has 0 spiro atoms. The zero-order valence-corrected chi connectivity index (χ0v) is 10.9. The minimum Gasteiger partial charge on any atom is -0.480 e. The lowest BCUT2D eigenvalue weighted by Crippen LogP contribution is -2.41. The SMILES string of the molecule is O=C(O)[C@H]1Nc2c(Cl)cc(Cl)cc2[C@@H]2C=CC[C@@H]12. The van der Waals surface area contributed by atoms with Crippen LogP contribution < -0.4 is 5.32 Å². The molecule has 0 radical (unpaired) electrons. The van der Waals surface area contributed by atoms with Crippen LogP contribution in [0.5, 0.6) is 0 Å². The summed E-state index contributed by atoms with van der Waals surface area (Å²) in [6.07, 6.45) is 4.84. The van der Waals surface area contributed by atoms with Gasteiger partial charge in [0.2, 0.25) is 0 Å². The standard InChI is InChI=1S/C13H11Cl2NO2/c14-6-4-9-7-2-1-3-8(7)12(13(17)18)16-11(9)10(15)5-6/h1-2,4-5,7-8,12,16H,3H2,(H,17,18)/t7-,8-,12+/m1/s1. The highest BCUT2D eigenvalue weighted by Crippen LogP contribution is 2.47. The third kappa shape index (κ3) is 1.70. The van der Waals surface area contributed by atoms with Gasteiger partial charge in [-0.25, -0.2) is 4.79 Å². The van der Waals surface area contributed by atoms with Crippen LogP contribution in [0.4, 0.5) is 5.69 Å². The summed E-state index contributed by atoms with van der Waals surface area (Å²) in [5.74, 6) is -0.728. The summed E-state index contributed by atoms with van der Waals surface area (Å²) in [5.41, 5.74) is 1.69. The molecule has 2 aliphatic rings. The number of carbonyl (C=O) groups is 1. The van der Waals surface area contributed by atoms with Gasteiger partial charge in [-0.3, -0.25) is 0 Å². The van der Waals surface area contributed by atoms with E-state index >= 15 is 0 Å². The average molecular weight is 284 g/mol. The van der Waals surface area contributed by atoms with E-state index in [4.69, 9.17) is 23.2 Å². The van der Waals surface area contributed by atoms with Crippen LogP contribution in [0.25, 0.3) is 0 Å². The Balaban J connectivity index is 2.14. The molecule has 3 atom stereocenters. The van der Waals surface area contributed by atoms with Gasteiger partial charge in [0.1, 0.15) is 6.04 Å². The number of nitrogens with one attached hydrogen (secondary N) is 1. The van der Waals surface area contributed by atoms with Crippen LogP contribution in [0.2, 0.25) is 10.0 Å². The van der Waals surface area contributed by atoms with Crippen LogP contribution in [-0.4, -0.2) is 17.1 Å². The maximum atomic E-state index is 11.3. The van der Waals surface area contributed by atoms with Gasteiger partial charge in [0, 0.05) is 16.9 Å². The monoisotopic (exact) mass is 283 g/mol. The number of anilines is 1. The van der Waals surface area contributed by atoms with Gasteiger partial charge in [0.25, 0.3) is 0 Å². The topological polar surface area (TPSA) is 49.3 Å². The van der Waals surface area contributed by atoms with E-state index in [1.165, 1.54) is 0 Å². The van der Waals surface area contributed by atoms with Crippen molar-refractivity contribution >= 4 is 34.9 Å². The molecule has 1 aliphatic heterocycles. The number of hydrogen-bond acceptors (Lipinski definition) is 2. The van der Waals surface area contributed by atoms with E-state index in [0.29, 0.717) is 15.7 Å². The minimum absolute atomic E-state index is 0.0320. The molecule has 1 aromatic rings. The van der Waals surface area contributed by atoms with Gasteiger partial charge in [-0.1, -0.05) is 35.4 Å². The van der Waals surface area contributed by atoms with E-state index in [1.807, 2.05) is 18.2 Å². The molecule has 0 bridgehead atoms. The molecule has 94 valence electrons. The lowest BCUT2D eigenvalue weighted by molar-refractivity contribution is -0.139. The van der Waals surface area contributed by atoms with Gasteiger partial charge >= 0.3 is 5.97 Å². The first-order chi connectivity index (χ1) is 8.58. The number of carboxylic acids is 1. The van der Waals surface area contributed by atoms with Crippen LogP contribution in [0.1, 0.15) is 17.9 Å². The van der Waals surface area contributed by atoms with Crippen molar-refractivity contribution in [2.75, 3.05) is 5.32 Å². The number of halogens is 2. The van der Waals surface area contributed by atoms with E-state index in [2.05, 4.69) is 5.32 Å². The summed E-state index contributed by atoms with van der Waals surface area (Å²) in [6.45, 7) is 0. The Morgan fingerprint density at radius 2 is 2.17 bits per heavy atom. The molecule has 2 N–H and O–H groups in total. The number of rotatable bonds is 1. The first-order valence-electron chi connectivity index (χ1n) is 5.73. The van der Waals surface area contributed by atoms with Crippen LogP contribution in [0.3, 0.4) is 0 Å². The van der Waals surface area contributed by atoms with Gasteiger partial charge in [-0.2, -0.15) is 0 Å². The van der Waals surface area contributed by atoms with Crippen molar-refractivity contribution < 1.29 is 9.90 Å². The van der Waals surface area contributed by atoms with E-state index < -0.39 is 12.0 Å². The molecule has 5 heteroatoms. The summed E-state index contributed by atoms with van der Waals surface area (Å²) in [5, 5.41) is 13.4. The van der Waals surface area contributed by atoms with Crippen molar-refractivity contribution in [3.63, 3.8) is 0 Å². The Hall–Kier alpha value is -1.19. The number of carboxylic acid groups (broad SMARTS) is 1.